The second-order valence-corrected chi connectivity index (χ2v) is 6.58. The number of carbonyl (C=O) groups is 1. The van der Waals surface area contributed by atoms with Gasteiger partial charge >= 0.3 is 0 Å². The highest BCUT2D eigenvalue weighted by molar-refractivity contribution is 9.10. The van der Waals surface area contributed by atoms with Crippen LogP contribution in [0.4, 0.5) is 0 Å². The van der Waals surface area contributed by atoms with Crippen molar-refractivity contribution in [1.29, 1.82) is 0 Å². The van der Waals surface area contributed by atoms with Gasteiger partial charge in [-0.25, -0.2) is 5.43 Å². The Balaban J connectivity index is 1.97. The first-order valence-electron chi connectivity index (χ1n) is 7.09. The predicted molar refractivity (Wildman–Crippen MR) is 101 cm³/mol. The number of carbonyl (C=O) groups excluding carboxylic acids is 1. The number of nitrogens with one attached hydrogen (secondary N) is 1. The minimum absolute atomic E-state index is 0.351. The Morgan fingerprint density at radius 2 is 1.96 bits per heavy atom. The second-order valence-electron chi connectivity index (χ2n) is 4.81. The van der Waals surface area contributed by atoms with Crippen LogP contribution < -0.4 is 14.9 Å². The SMILES string of the molecule is COc1ccc(Br)cc1C=NNC(=O)C(C)Oc1ccccc1Br. The van der Waals surface area contributed by atoms with Crippen molar-refractivity contribution in [2.45, 2.75) is 13.0 Å². The average Bonchev–Trinajstić information content (AvgIpc) is 2.57. The fourth-order valence-electron chi connectivity index (χ4n) is 1.85. The molecule has 0 saturated heterocycles. The molecule has 0 aliphatic heterocycles. The largest absolute Gasteiger partial charge is 0.496 e. The number of benzene rings is 2. The molecular weight excluding hydrogens is 440 g/mol. The first-order chi connectivity index (χ1) is 11.5. The first kappa shape index (κ1) is 18.5. The third-order valence-corrected chi connectivity index (χ3v) is 4.23. The van der Waals surface area contributed by atoms with Gasteiger partial charge in [0, 0.05) is 10.0 Å². The summed E-state index contributed by atoms with van der Waals surface area (Å²) in [6.07, 6.45) is 0.831. The van der Waals surface area contributed by atoms with Gasteiger partial charge in [-0.2, -0.15) is 5.10 Å². The zero-order valence-electron chi connectivity index (χ0n) is 13.1. The fraction of sp³-hybridized carbons (Fsp3) is 0.176. The molecule has 1 atom stereocenters. The number of hydrazone groups is 1. The highest BCUT2D eigenvalue weighted by Crippen LogP contribution is 2.25. The van der Waals surface area contributed by atoms with E-state index in [0.717, 1.165) is 14.5 Å². The van der Waals surface area contributed by atoms with Crippen LogP contribution in [0.5, 0.6) is 11.5 Å². The Morgan fingerprint density at radius 3 is 2.67 bits per heavy atom. The van der Waals surface area contributed by atoms with E-state index in [1.807, 2.05) is 36.4 Å². The van der Waals surface area contributed by atoms with Crippen molar-refractivity contribution in [3.63, 3.8) is 0 Å². The van der Waals surface area contributed by atoms with Crippen LogP contribution in [-0.4, -0.2) is 25.3 Å². The van der Waals surface area contributed by atoms with Gasteiger partial charge in [-0.15, -0.1) is 0 Å². The lowest BCUT2D eigenvalue weighted by Gasteiger charge is -2.14. The summed E-state index contributed by atoms with van der Waals surface area (Å²) in [4.78, 5) is 12.1. The van der Waals surface area contributed by atoms with Crippen molar-refractivity contribution in [2.75, 3.05) is 7.11 Å². The van der Waals surface area contributed by atoms with Crippen molar-refractivity contribution in [1.82, 2.24) is 5.43 Å². The van der Waals surface area contributed by atoms with E-state index in [1.54, 1.807) is 20.1 Å². The van der Waals surface area contributed by atoms with Crippen molar-refractivity contribution in [3.05, 3.63) is 57.0 Å². The minimum Gasteiger partial charge on any atom is -0.496 e. The van der Waals surface area contributed by atoms with Gasteiger partial charge in [0.25, 0.3) is 5.91 Å². The molecule has 0 aromatic heterocycles. The molecule has 0 fully saturated rings. The van der Waals surface area contributed by atoms with Gasteiger partial charge < -0.3 is 9.47 Å². The molecule has 1 amide bonds. The molecule has 5 nitrogen and oxygen atoms in total. The number of methoxy groups -OCH3 is 1. The third-order valence-electron chi connectivity index (χ3n) is 3.08. The molecular formula is C17H16Br2N2O3. The zero-order chi connectivity index (χ0) is 17.5. The second kappa shape index (κ2) is 8.84. The lowest BCUT2D eigenvalue weighted by molar-refractivity contribution is -0.127. The average molecular weight is 456 g/mol. The van der Waals surface area contributed by atoms with Crippen LogP contribution in [0.3, 0.4) is 0 Å². The van der Waals surface area contributed by atoms with E-state index in [-0.39, 0.29) is 5.91 Å². The number of rotatable bonds is 6. The quantitative estimate of drug-likeness (QED) is 0.526. The van der Waals surface area contributed by atoms with E-state index in [2.05, 4.69) is 42.4 Å². The molecule has 2 aromatic carbocycles. The van der Waals surface area contributed by atoms with Gasteiger partial charge in [-0.05, 0) is 53.2 Å². The van der Waals surface area contributed by atoms with E-state index in [1.165, 1.54) is 6.21 Å². The number of hydrogen-bond donors (Lipinski definition) is 1. The van der Waals surface area contributed by atoms with E-state index < -0.39 is 6.10 Å². The van der Waals surface area contributed by atoms with Crippen molar-refractivity contribution < 1.29 is 14.3 Å². The van der Waals surface area contributed by atoms with Crippen molar-refractivity contribution in [3.8, 4) is 11.5 Å². The summed E-state index contributed by atoms with van der Waals surface area (Å²) in [6.45, 7) is 1.66. The summed E-state index contributed by atoms with van der Waals surface area (Å²) in [5, 5.41) is 3.96. The highest BCUT2D eigenvalue weighted by atomic mass is 79.9. The predicted octanol–water partition coefficient (Wildman–Crippen LogP) is 4.14. The molecule has 126 valence electrons. The van der Waals surface area contributed by atoms with E-state index in [9.17, 15) is 4.79 Å². The topological polar surface area (TPSA) is 59.9 Å². The summed E-state index contributed by atoms with van der Waals surface area (Å²) in [5.41, 5.74) is 3.20. The maximum Gasteiger partial charge on any atom is 0.280 e. The number of hydrogen-bond acceptors (Lipinski definition) is 4. The van der Waals surface area contributed by atoms with Crippen molar-refractivity contribution in [2.24, 2.45) is 5.10 Å². The van der Waals surface area contributed by atoms with Crippen molar-refractivity contribution >= 4 is 44.0 Å². The monoisotopic (exact) mass is 454 g/mol. The first-order valence-corrected chi connectivity index (χ1v) is 8.67. The van der Waals surface area contributed by atoms with Gasteiger partial charge in [-0.3, -0.25) is 4.79 Å². The molecule has 0 heterocycles. The van der Waals surface area contributed by atoms with E-state index in [0.29, 0.717) is 11.5 Å². The molecule has 0 radical (unpaired) electrons. The van der Waals surface area contributed by atoms with Gasteiger partial charge in [0.2, 0.25) is 0 Å². The highest BCUT2D eigenvalue weighted by Gasteiger charge is 2.15. The molecule has 0 spiro atoms. The summed E-state index contributed by atoms with van der Waals surface area (Å²) in [7, 11) is 1.58. The minimum atomic E-state index is -0.690. The van der Waals surface area contributed by atoms with Gasteiger partial charge in [0.05, 0.1) is 17.8 Å². The van der Waals surface area contributed by atoms with Crippen LogP contribution in [0.15, 0.2) is 56.5 Å². The smallest absolute Gasteiger partial charge is 0.280 e. The molecule has 0 aliphatic rings. The van der Waals surface area contributed by atoms with E-state index in [4.69, 9.17) is 9.47 Å². The number of nitrogens with zero attached hydrogens (tertiary/aromatic N) is 1. The number of para-hydroxylation sites is 1. The summed E-state index contributed by atoms with van der Waals surface area (Å²) in [5.74, 6) is 0.905. The molecule has 2 aromatic rings. The Morgan fingerprint density at radius 1 is 1.21 bits per heavy atom. The molecule has 0 saturated carbocycles. The maximum atomic E-state index is 12.1. The van der Waals surface area contributed by atoms with Crippen LogP contribution >= 0.6 is 31.9 Å². The standard InChI is InChI=1S/C17H16Br2N2O3/c1-11(24-16-6-4-3-5-14(16)19)17(22)21-20-10-12-9-13(18)7-8-15(12)23-2/h3-11H,1-2H3,(H,21,22). The van der Waals surface area contributed by atoms with Crippen LogP contribution in [0, 0.1) is 0 Å². The van der Waals surface area contributed by atoms with Crippen LogP contribution in [0.2, 0.25) is 0 Å². The van der Waals surface area contributed by atoms with Gasteiger partial charge in [0.15, 0.2) is 6.10 Å². The molecule has 0 bridgehead atoms. The van der Waals surface area contributed by atoms with E-state index >= 15 is 0 Å². The summed E-state index contributed by atoms with van der Waals surface area (Å²) >= 11 is 6.76. The molecule has 1 unspecified atom stereocenters. The lowest BCUT2D eigenvalue weighted by atomic mass is 10.2. The molecule has 2 rings (SSSR count). The van der Waals surface area contributed by atoms with Crippen LogP contribution in [0.1, 0.15) is 12.5 Å². The molecule has 0 aliphatic carbocycles. The Labute approximate surface area is 157 Å². The van der Waals surface area contributed by atoms with Crippen LogP contribution in [0.25, 0.3) is 0 Å². The molecule has 24 heavy (non-hydrogen) atoms. The number of halogens is 2. The summed E-state index contributed by atoms with van der Waals surface area (Å²) < 4.78 is 12.5. The Bertz CT molecular complexity index is 750. The number of ether oxygens (including phenoxy) is 2. The fourth-order valence-corrected chi connectivity index (χ4v) is 2.60. The van der Waals surface area contributed by atoms with Crippen LogP contribution in [-0.2, 0) is 4.79 Å². The Hall–Kier alpha value is -1.86. The number of amides is 1. The molecule has 7 heteroatoms. The third kappa shape index (κ3) is 5.07. The normalized spacial score (nSPS) is 12.0. The van der Waals surface area contributed by atoms with Gasteiger partial charge in [0.1, 0.15) is 11.5 Å². The summed E-state index contributed by atoms with van der Waals surface area (Å²) in [6, 6.07) is 12.9. The maximum absolute atomic E-state index is 12.1. The lowest BCUT2D eigenvalue weighted by Crippen LogP contribution is -2.33. The van der Waals surface area contributed by atoms with Gasteiger partial charge in [-0.1, -0.05) is 28.1 Å². The Kier molecular flexibility index (Phi) is 6.81. The zero-order valence-corrected chi connectivity index (χ0v) is 16.3. The molecule has 1 N–H and O–H groups in total.